The maximum atomic E-state index is 14.4. The van der Waals surface area contributed by atoms with Gasteiger partial charge in [-0.2, -0.15) is 5.26 Å². The highest BCUT2D eigenvalue weighted by molar-refractivity contribution is 7.75. The van der Waals surface area contributed by atoms with Crippen LogP contribution in [0.25, 0.3) is 10.9 Å². The summed E-state index contributed by atoms with van der Waals surface area (Å²) in [7, 11) is -2.67. The van der Waals surface area contributed by atoms with Gasteiger partial charge in [0.05, 0.1) is 29.0 Å². The molecule has 9 nitrogen and oxygen atoms in total. The summed E-state index contributed by atoms with van der Waals surface area (Å²) in [5.74, 6) is -0.574. The second kappa shape index (κ2) is 9.45. The van der Waals surface area contributed by atoms with E-state index in [2.05, 4.69) is 15.3 Å². The van der Waals surface area contributed by atoms with Crippen molar-refractivity contribution >= 4 is 58.0 Å². The third kappa shape index (κ3) is 4.49. The van der Waals surface area contributed by atoms with Gasteiger partial charge in [-0.25, -0.2) is 0 Å². The van der Waals surface area contributed by atoms with Crippen LogP contribution in [0.5, 0.6) is 0 Å². The number of halogens is 2. The van der Waals surface area contributed by atoms with E-state index in [0.29, 0.717) is 21.5 Å². The van der Waals surface area contributed by atoms with Gasteiger partial charge in [0.15, 0.2) is 0 Å². The molecule has 1 unspecified atom stereocenters. The van der Waals surface area contributed by atoms with Crippen molar-refractivity contribution in [3.8, 4) is 6.07 Å². The Morgan fingerprint density at radius 1 is 1.29 bits per heavy atom. The van der Waals surface area contributed by atoms with Crippen molar-refractivity contribution in [2.45, 2.75) is 6.54 Å². The monoisotopic (exact) mass is 516 g/mol. The van der Waals surface area contributed by atoms with E-state index in [-0.39, 0.29) is 33.4 Å². The van der Waals surface area contributed by atoms with E-state index in [4.69, 9.17) is 27.7 Å². The van der Waals surface area contributed by atoms with Crippen LogP contribution in [-0.2, 0) is 15.6 Å². The fourth-order valence-electron chi connectivity index (χ4n) is 3.55. The quantitative estimate of drug-likeness (QED) is 0.205. The molecular weight excluding hydrogens is 500 g/mol. The summed E-state index contributed by atoms with van der Waals surface area (Å²) in [6, 6.07) is 11.1. The number of nitriles is 1. The van der Waals surface area contributed by atoms with Gasteiger partial charge in [-0.05, 0) is 36.4 Å². The van der Waals surface area contributed by atoms with Crippen molar-refractivity contribution in [3.63, 3.8) is 0 Å². The molecular formula is C22H17Cl2N5O4P+. The predicted molar refractivity (Wildman–Crippen MR) is 126 cm³/mol. The Labute approximate surface area is 203 Å². The lowest BCUT2D eigenvalue weighted by atomic mass is 10.2. The number of H-pyrrole nitrogens is 1. The first-order chi connectivity index (χ1) is 16.2. The first-order valence-electron chi connectivity index (χ1n) is 9.76. The standard InChI is InChI=1S/C22H16Cl2N5O4P/c1-33-34(32,17-5-13(8-25)4-16(24)6-17)21-18-7-15(23)2-3-19(18)28-20(21)22(30)27-10-14-9-26-12-29(31)11-14/h2-7,9,11-12H,10H2,1H3,(H2-,27,28,30,31,32)/p+1. The molecule has 3 N–H and O–H groups in total. The summed E-state index contributed by atoms with van der Waals surface area (Å²) in [5, 5.41) is 22.8. The van der Waals surface area contributed by atoms with E-state index >= 15 is 0 Å². The molecule has 1 amide bonds. The van der Waals surface area contributed by atoms with Gasteiger partial charge in [0.1, 0.15) is 18.1 Å². The zero-order valence-corrected chi connectivity index (χ0v) is 20.0. The molecule has 0 aliphatic carbocycles. The van der Waals surface area contributed by atoms with Crippen molar-refractivity contribution in [1.29, 1.82) is 5.26 Å². The van der Waals surface area contributed by atoms with Crippen LogP contribution < -0.4 is 20.7 Å². The van der Waals surface area contributed by atoms with Crippen molar-refractivity contribution in [3.05, 3.63) is 82.0 Å². The molecule has 0 aliphatic heterocycles. The molecule has 2 heterocycles. The third-order valence-electron chi connectivity index (χ3n) is 5.04. The minimum atomic E-state index is -3.93. The normalized spacial score (nSPS) is 12.8. The molecule has 0 bridgehead atoms. The van der Waals surface area contributed by atoms with E-state index in [1.807, 2.05) is 6.07 Å². The molecule has 172 valence electrons. The van der Waals surface area contributed by atoms with Crippen molar-refractivity contribution < 1.29 is 23.8 Å². The van der Waals surface area contributed by atoms with Crippen molar-refractivity contribution in [1.82, 2.24) is 15.3 Å². The summed E-state index contributed by atoms with van der Waals surface area (Å²) >= 11 is 12.4. The number of nitrogens with zero attached hydrogens (tertiary/aromatic N) is 3. The van der Waals surface area contributed by atoms with Gasteiger partial charge in [0.25, 0.3) is 13.3 Å². The van der Waals surface area contributed by atoms with Crippen LogP contribution in [0.1, 0.15) is 21.6 Å². The lowest BCUT2D eigenvalue weighted by Gasteiger charge is -2.18. The van der Waals surface area contributed by atoms with Crippen LogP contribution >= 0.6 is 30.6 Å². The number of carbonyl (C=O) groups is 1. The largest absolute Gasteiger partial charge is 0.350 e. The lowest BCUT2D eigenvalue weighted by molar-refractivity contribution is -0.907. The molecule has 1 atom stereocenters. The van der Waals surface area contributed by atoms with Gasteiger partial charge in [0, 0.05) is 33.4 Å². The molecule has 0 saturated heterocycles. The summed E-state index contributed by atoms with van der Waals surface area (Å²) in [4.78, 5) is 20.1. The highest BCUT2D eigenvalue weighted by Crippen LogP contribution is 2.47. The summed E-state index contributed by atoms with van der Waals surface area (Å²) in [5.41, 5.74) is 1.24. The number of hydrogen-bond donors (Lipinski definition) is 3. The number of amides is 1. The van der Waals surface area contributed by atoms with Gasteiger partial charge >= 0.3 is 6.33 Å². The topological polar surface area (TPSA) is 132 Å². The molecule has 0 aliphatic rings. The molecule has 34 heavy (non-hydrogen) atoms. The van der Waals surface area contributed by atoms with E-state index in [9.17, 15) is 19.8 Å². The first-order valence-corrected chi connectivity index (χ1v) is 12.1. The zero-order valence-electron chi connectivity index (χ0n) is 17.6. The second-order valence-corrected chi connectivity index (χ2v) is 10.5. The van der Waals surface area contributed by atoms with Gasteiger partial charge in [-0.3, -0.25) is 9.36 Å². The number of carbonyl (C=O) groups excluding carboxylic acids is 1. The number of aromatic amines is 1. The number of aromatic nitrogens is 3. The van der Waals surface area contributed by atoms with Gasteiger partial charge in [0.2, 0.25) is 0 Å². The van der Waals surface area contributed by atoms with E-state index in [1.165, 1.54) is 44.0 Å². The van der Waals surface area contributed by atoms with Crippen LogP contribution in [0.2, 0.25) is 10.0 Å². The lowest BCUT2D eigenvalue weighted by Crippen LogP contribution is -2.33. The summed E-state index contributed by atoms with van der Waals surface area (Å²) in [6.45, 7) is 0.0375. The van der Waals surface area contributed by atoms with E-state index in [0.717, 1.165) is 4.73 Å². The Hall–Kier alpha value is -3.41. The van der Waals surface area contributed by atoms with Gasteiger partial charge in [-0.15, -0.1) is 0 Å². The van der Waals surface area contributed by atoms with Gasteiger partial charge in [-0.1, -0.05) is 32.9 Å². The molecule has 0 fully saturated rings. The van der Waals surface area contributed by atoms with Gasteiger partial charge < -0.3 is 20.0 Å². The Morgan fingerprint density at radius 3 is 2.79 bits per heavy atom. The maximum Gasteiger partial charge on any atom is 0.324 e. The van der Waals surface area contributed by atoms with Crippen LogP contribution in [0, 0.1) is 11.3 Å². The molecule has 0 radical (unpaired) electrons. The highest BCUT2D eigenvalue weighted by Gasteiger charge is 2.36. The summed E-state index contributed by atoms with van der Waals surface area (Å²) < 4.78 is 20.7. The maximum absolute atomic E-state index is 14.4. The SMILES string of the molecule is COP(=O)(c1cc(Cl)cc(C#N)c1)c1c(C(=O)NCc2cnc[n+](O)c2)[nH]c2ccc(Cl)cc12. The fraction of sp³-hybridized carbons (Fsp3) is 0.0909. The highest BCUT2D eigenvalue weighted by atomic mass is 35.5. The molecule has 12 heteroatoms. The second-order valence-electron chi connectivity index (χ2n) is 7.24. The fourth-order valence-corrected chi connectivity index (χ4v) is 6.26. The molecule has 2 aromatic carbocycles. The Morgan fingerprint density at radius 2 is 2.09 bits per heavy atom. The minimum absolute atomic E-state index is 0.00157. The smallest absolute Gasteiger partial charge is 0.324 e. The minimum Gasteiger partial charge on any atom is -0.350 e. The molecule has 4 aromatic rings. The molecule has 0 spiro atoms. The first kappa shape index (κ1) is 23.7. The Kier molecular flexibility index (Phi) is 6.60. The van der Waals surface area contributed by atoms with Crippen LogP contribution in [-0.4, -0.2) is 28.2 Å². The van der Waals surface area contributed by atoms with Crippen LogP contribution in [0.15, 0.2) is 55.1 Å². The Balaban J connectivity index is 1.87. The number of benzene rings is 2. The van der Waals surface area contributed by atoms with Crippen molar-refractivity contribution in [2.24, 2.45) is 0 Å². The zero-order chi connectivity index (χ0) is 24.5. The Bertz CT molecular complexity index is 1520. The number of hydrogen-bond acceptors (Lipinski definition) is 6. The predicted octanol–water partition coefficient (Wildman–Crippen LogP) is 3.07. The third-order valence-corrected chi connectivity index (χ3v) is 8.00. The number of nitrogens with one attached hydrogen (secondary N) is 2. The molecule has 2 aromatic heterocycles. The average molecular weight is 517 g/mol. The molecule has 4 rings (SSSR count). The van der Waals surface area contributed by atoms with Crippen molar-refractivity contribution in [2.75, 3.05) is 7.11 Å². The van der Waals surface area contributed by atoms with Crippen LogP contribution in [0.3, 0.4) is 0 Å². The summed E-state index contributed by atoms with van der Waals surface area (Å²) in [6.07, 6.45) is 4.06. The van der Waals surface area contributed by atoms with E-state index in [1.54, 1.807) is 18.2 Å². The molecule has 0 saturated carbocycles. The number of fused-ring (bicyclic) bond motifs is 1. The van der Waals surface area contributed by atoms with E-state index < -0.39 is 13.3 Å². The number of rotatable bonds is 6. The average Bonchev–Trinajstić information content (AvgIpc) is 3.21. The van der Waals surface area contributed by atoms with Crippen LogP contribution in [0.4, 0.5) is 0 Å².